The number of fused-ring (bicyclic) bond motifs is 1. The molecule has 0 fully saturated rings. The average Bonchev–Trinajstić information content (AvgIpc) is 2.54. The quantitative estimate of drug-likeness (QED) is 0.872. The molecule has 2 aliphatic rings. The molecule has 1 heterocycles. The van der Waals surface area contributed by atoms with Crippen LogP contribution >= 0.6 is 0 Å². The van der Waals surface area contributed by atoms with Gasteiger partial charge in [-0.05, 0) is 38.3 Å². The number of hydrogen-bond donors (Lipinski definition) is 1. The Kier molecular flexibility index (Phi) is 3.96. The van der Waals surface area contributed by atoms with Crippen LogP contribution in [0.2, 0.25) is 0 Å². The third-order valence-corrected chi connectivity index (χ3v) is 4.10. The van der Waals surface area contributed by atoms with E-state index in [1.807, 2.05) is 0 Å². The van der Waals surface area contributed by atoms with Gasteiger partial charge in [0.25, 0.3) is 5.91 Å². The molecule has 0 bridgehead atoms. The molecule has 1 unspecified atom stereocenters. The van der Waals surface area contributed by atoms with E-state index < -0.39 is 0 Å². The van der Waals surface area contributed by atoms with Crippen molar-refractivity contribution in [1.29, 1.82) is 0 Å². The van der Waals surface area contributed by atoms with E-state index in [1.54, 1.807) is 19.2 Å². The molecule has 0 radical (unpaired) electrons. The van der Waals surface area contributed by atoms with Crippen molar-refractivity contribution >= 4 is 5.91 Å². The molecule has 1 aliphatic heterocycles. The third-order valence-electron chi connectivity index (χ3n) is 4.10. The summed E-state index contributed by atoms with van der Waals surface area (Å²) in [6.07, 6.45) is 7.05. The highest BCUT2D eigenvalue weighted by Gasteiger charge is 2.28. The van der Waals surface area contributed by atoms with Crippen LogP contribution in [0.15, 0.2) is 24.3 Å². The number of ether oxygens (including phenoxy) is 3. The van der Waals surface area contributed by atoms with Crippen LogP contribution in [0, 0.1) is 0 Å². The summed E-state index contributed by atoms with van der Waals surface area (Å²) in [5.41, 5.74) is 0.323. The summed E-state index contributed by atoms with van der Waals surface area (Å²) < 4.78 is 16.5. The smallest absolute Gasteiger partial charge is 0.251 e. The highest BCUT2D eigenvalue weighted by Crippen LogP contribution is 2.40. The second-order valence-electron chi connectivity index (χ2n) is 5.93. The van der Waals surface area contributed by atoms with E-state index in [4.69, 9.17) is 14.2 Å². The molecule has 0 spiro atoms. The summed E-state index contributed by atoms with van der Waals surface area (Å²) in [6.45, 7) is 3.03. The SMILES string of the molecule is COc1cc(C(=O)NC2(C)CC=CCC2)cc2c1OCCO2. The van der Waals surface area contributed by atoms with Crippen LogP contribution < -0.4 is 19.5 Å². The maximum atomic E-state index is 12.6. The van der Waals surface area contributed by atoms with Crippen molar-refractivity contribution in [1.82, 2.24) is 5.32 Å². The number of rotatable bonds is 3. The molecule has 1 atom stereocenters. The number of carbonyl (C=O) groups is 1. The standard InChI is InChI=1S/C17H21NO4/c1-17(6-4-3-5-7-17)18-16(19)12-10-13(20-2)15-14(11-12)21-8-9-22-15/h3-4,10-11H,5-9H2,1-2H3,(H,18,19). The summed E-state index contributed by atoms with van der Waals surface area (Å²) in [6, 6.07) is 3.42. The zero-order chi connectivity index (χ0) is 15.6. The lowest BCUT2D eigenvalue weighted by atomic mass is 9.87. The van der Waals surface area contributed by atoms with Gasteiger partial charge in [0.15, 0.2) is 11.5 Å². The number of nitrogens with one attached hydrogen (secondary N) is 1. The van der Waals surface area contributed by atoms with Gasteiger partial charge in [-0.15, -0.1) is 0 Å². The Labute approximate surface area is 130 Å². The van der Waals surface area contributed by atoms with E-state index in [2.05, 4.69) is 24.4 Å². The number of methoxy groups -OCH3 is 1. The molecule has 0 saturated heterocycles. The number of hydrogen-bond acceptors (Lipinski definition) is 4. The summed E-state index contributed by atoms with van der Waals surface area (Å²) in [4.78, 5) is 12.6. The van der Waals surface area contributed by atoms with E-state index in [1.165, 1.54) is 0 Å². The van der Waals surface area contributed by atoms with Crippen LogP contribution in [-0.4, -0.2) is 31.8 Å². The van der Waals surface area contributed by atoms with Gasteiger partial charge in [-0.3, -0.25) is 4.79 Å². The first kappa shape index (κ1) is 14.8. The first-order chi connectivity index (χ1) is 10.6. The highest BCUT2D eigenvalue weighted by molar-refractivity contribution is 5.96. The van der Waals surface area contributed by atoms with Crippen molar-refractivity contribution < 1.29 is 19.0 Å². The lowest BCUT2D eigenvalue weighted by molar-refractivity contribution is 0.0898. The molecule has 3 rings (SSSR count). The molecule has 118 valence electrons. The molecule has 1 amide bonds. The fourth-order valence-corrected chi connectivity index (χ4v) is 2.83. The summed E-state index contributed by atoms with van der Waals surface area (Å²) >= 11 is 0. The minimum Gasteiger partial charge on any atom is -0.493 e. The second kappa shape index (κ2) is 5.91. The second-order valence-corrected chi connectivity index (χ2v) is 5.93. The van der Waals surface area contributed by atoms with Crippen molar-refractivity contribution in [3.05, 3.63) is 29.8 Å². The maximum Gasteiger partial charge on any atom is 0.251 e. The number of carbonyl (C=O) groups excluding carboxylic acids is 1. The lowest BCUT2D eigenvalue weighted by Crippen LogP contribution is -2.46. The van der Waals surface area contributed by atoms with Crippen LogP contribution in [0.3, 0.4) is 0 Å². The van der Waals surface area contributed by atoms with Gasteiger partial charge in [0.05, 0.1) is 7.11 Å². The molecule has 1 N–H and O–H groups in total. The Morgan fingerprint density at radius 2 is 2.09 bits per heavy atom. The molecular weight excluding hydrogens is 282 g/mol. The first-order valence-corrected chi connectivity index (χ1v) is 7.56. The van der Waals surface area contributed by atoms with Crippen molar-refractivity contribution in [3.8, 4) is 17.2 Å². The van der Waals surface area contributed by atoms with E-state index in [0.29, 0.717) is 36.0 Å². The van der Waals surface area contributed by atoms with E-state index in [-0.39, 0.29) is 11.4 Å². The van der Waals surface area contributed by atoms with Crippen LogP contribution in [0.4, 0.5) is 0 Å². The Bertz CT molecular complexity index is 594. The minimum atomic E-state index is -0.202. The molecule has 0 aromatic heterocycles. The first-order valence-electron chi connectivity index (χ1n) is 7.56. The Hall–Kier alpha value is -2.17. The van der Waals surface area contributed by atoms with Gasteiger partial charge in [-0.1, -0.05) is 12.2 Å². The van der Waals surface area contributed by atoms with Gasteiger partial charge < -0.3 is 19.5 Å². The van der Waals surface area contributed by atoms with Crippen molar-refractivity contribution in [2.24, 2.45) is 0 Å². The molecule has 1 aliphatic carbocycles. The summed E-state index contributed by atoms with van der Waals surface area (Å²) in [5, 5.41) is 3.13. The normalized spacial score (nSPS) is 23.0. The van der Waals surface area contributed by atoms with Crippen LogP contribution in [-0.2, 0) is 0 Å². The van der Waals surface area contributed by atoms with Crippen molar-refractivity contribution in [2.75, 3.05) is 20.3 Å². The van der Waals surface area contributed by atoms with Crippen LogP contribution in [0.1, 0.15) is 36.5 Å². The van der Waals surface area contributed by atoms with Gasteiger partial charge in [-0.25, -0.2) is 0 Å². The van der Waals surface area contributed by atoms with Crippen molar-refractivity contribution in [2.45, 2.75) is 31.7 Å². The monoisotopic (exact) mass is 303 g/mol. The number of amides is 1. The van der Waals surface area contributed by atoms with Crippen molar-refractivity contribution in [3.63, 3.8) is 0 Å². The molecule has 0 saturated carbocycles. The Morgan fingerprint density at radius 1 is 1.27 bits per heavy atom. The Morgan fingerprint density at radius 3 is 2.82 bits per heavy atom. The van der Waals surface area contributed by atoms with E-state index in [9.17, 15) is 4.79 Å². The fraction of sp³-hybridized carbons (Fsp3) is 0.471. The molecule has 5 nitrogen and oxygen atoms in total. The molecule has 1 aromatic rings. The maximum absolute atomic E-state index is 12.6. The van der Waals surface area contributed by atoms with E-state index in [0.717, 1.165) is 19.3 Å². The number of allylic oxidation sites excluding steroid dienone is 1. The molecule has 1 aromatic carbocycles. The largest absolute Gasteiger partial charge is 0.493 e. The van der Waals surface area contributed by atoms with Crippen LogP contribution in [0.5, 0.6) is 17.2 Å². The summed E-state index contributed by atoms with van der Waals surface area (Å²) in [5.74, 6) is 1.53. The average molecular weight is 303 g/mol. The predicted octanol–water partition coefficient (Wildman–Crippen LogP) is 2.70. The van der Waals surface area contributed by atoms with Gasteiger partial charge >= 0.3 is 0 Å². The minimum absolute atomic E-state index is 0.118. The number of benzene rings is 1. The zero-order valence-corrected chi connectivity index (χ0v) is 13.0. The summed E-state index contributed by atoms with van der Waals surface area (Å²) in [7, 11) is 1.56. The zero-order valence-electron chi connectivity index (χ0n) is 13.0. The third kappa shape index (κ3) is 2.89. The topological polar surface area (TPSA) is 56.8 Å². The van der Waals surface area contributed by atoms with Gasteiger partial charge in [-0.2, -0.15) is 0 Å². The predicted molar refractivity (Wildman–Crippen MR) is 82.8 cm³/mol. The molecule has 22 heavy (non-hydrogen) atoms. The van der Waals surface area contributed by atoms with Crippen LogP contribution in [0.25, 0.3) is 0 Å². The van der Waals surface area contributed by atoms with Gasteiger partial charge in [0.2, 0.25) is 5.75 Å². The van der Waals surface area contributed by atoms with Gasteiger partial charge in [0.1, 0.15) is 13.2 Å². The molecule has 5 heteroatoms. The lowest BCUT2D eigenvalue weighted by Gasteiger charge is -2.32. The fourth-order valence-electron chi connectivity index (χ4n) is 2.83. The Balaban J connectivity index is 1.84. The molecular formula is C17H21NO4. The highest BCUT2D eigenvalue weighted by atomic mass is 16.6. The van der Waals surface area contributed by atoms with E-state index >= 15 is 0 Å². The van der Waals surface area contributed by atoms with Gasteiger partial charge in [0, 0.05) is 11.1 Å².